The molecule has 118 valence electrons. The third kappa shape index (κ3) is 6.12. The number of nitrogens with zero attached hydrogens (tertiary/aromatic N) is 1. The van der Waals surface area contributed by atoms with Crippen molar-refractivity contribution >= 4 is 21.6 Å². The molecule has 1 N–H and O–H groups in total. The lowest BCUT2D eigenvalue weighted by atomic mass is 10.2. The fourth-order valence-electron chi connectivity index (χ4n) is 1.82. The van der Waals surface area contributed by atoms with Crippen LogP contribution in [-0.4, -0.2) is 33.7 Å². The number of nitrogens with one attached hydrogen (secondary N) is 1. The fraction of sp³-hybridized carbons (Fsp3) is 0.500. The van der Waals surface area contributed by atoms with Gasteiger partial charge in [-0.05, 0) is 30.7 Å². The van der Waals surface area contributed by atoms with Gasteiger partial charge in [0.1, 0.15) is 5.82 Å². The lowest BCUT2D eigenvalue weighted by Crippen LogP contribution is -2.38. The van der Waals surface area contributed by atoms with Gasteiger partial charge in [0.2, 0.25) is 15.9 Å². The first-order chi connectivity index (χ1) is 9.84. The van der Waals surface area contributed by atoms with Crippen LogP contribution < -0.4 is 9.62 Å². The van der Waals surface area contributed by atoms with Gasteiger partial charge in [-0.2, -0.15) is 0 Å². The second-order valence-electron chi connectivity index (χ2n) is 4.77. The molecule has 0 spiro atoms. The van der Waals surface area contributed by atoms with Crippen LogP contribution in [0.4, 0.5) is 10.1 Å². The number of amides is 1. The van der Waals surface area contributed by atoms with Crippen LogP contribution in [0.2, 0.25) is 0 Å². The number of hydrogen-bond donors (Lipinski definition) is 1. The Morgan fingerprint density at radius 1 is 1.29 bits per heavy atom. The van der Waals surface area contributed by atoms with Gasteiger partial charge in [0.25, 0.3) is 0 Å². The van der Waals surface area contributed by atoms with E-state index in [1.165, 1.54) is 24.3 Å². The maximum atomic E-state index is 12.9. The second kappa shape index (κ2) is 7.97. The van der Waals surface area contributed by atoms with E-state index >= 15 is 0 Å². The average molecular weight is 316 g/mol. The summed E-state index contributed by atoms with van der Waals surface area (Å²) in [4.78, 5) is 11.5. The highest BCUT2D eigenvalue weighted by Crippen LogP contribution is 2.17. The predicted octanol–water partition coefficient (Wildman–Crippen LogP) is 1.90. The molecule has 0 unspecified atom stereocenters. The Bertz CT molecular complexity index is 558. The van der Waals surface area contributed by atoms with Gasteiger partial charge < -0.3 is 5.32 Å². The van der Waals surface area contributed by atoms with Crippen molar-refractivity contribution in [2.75, 3.05) is 23.7 Å². The minimum absolute atomic E-state index is 0.0931. The van der Waals surface area contributed by atoms with Crippen LogP contribution in [0.25, 0.3) is 0 Å². The van der Waals surface area contributed by atoms with Gasteiger partial charge in [0, 0.05) is 13.0 Å². The lowest BCUT2D eigenvalue weighted by molar-refractivity contribution is -0.121. The molecule has 0 fully saturated rings. The van der Waals surface area contributed by atoms with Gasteiger partial charge in [-0.15, -0.1) is 0 Å². The van der Waals surface area contributed by atoms with Gasteiger partial charge in [-0.3, -0.25) is 9.10 Å². The highest BCUT2D eigenvalue weighted by atomic mass is 32.2. The maximum absolute atomic E-state index is 12.9. The summed E-state index contributed by atoms with van der Waals surface area (Å²) in [6.07, 6.45) is 3.25. The molecular weight excluding hydrogens is 295 g/mol. The highest BCUT2D eigenvalue weighted by Gasteiger charge is 2.17. The zero-order valence-electron chi connectivity index (χ0n) is 12.3. The number of benzene rings is 1. The molecule has 0 aliphatic heterocycles. The number of sulfonamides is 1. The smallest absolute Gasteiger partial charge is 0.232 e. The summed E-state index contributed by atoms with van der Waals surface area (Å²) >= 11 is 0. The normalized spacial score (nSPS) is 11.2. The summed E-state index contributed by atoms with van der Waals surface area (Å²) in [6, 6.07) is 5.20. The van der Waals surface area contributed by atoms with E-state index in [1.54, 1.807) is 0 Å². The van der Waals surface area contributed by atoms with E-state index in [-0.39, 0.29) is 19.0 Å². The van der Waals surface area contributed by atoms with Gasteiger partial charge in [-0.25, -0.2) is 12.8 Å². The molecule has 0 atom stereocenters. The fourth-order valence-corrected chi connectivity index (χ4v) is 2.74. The van der Waals surface area contributed by atoms with E-state index in [9.17, 15) is 17.6 Å². The molecule has 0 saturated carbocycles. The standard InChI is InChI=1S/C14H21FN2O3S/c1-3-4-5-14(18)16-10-11-17(21(2,19)20)13-8-6-12(15)7-9-13/h6-9H,3-5,10-11H2,1-2H3,(H,16,18). The van der Waals surface area contributed by atoms with Gasteiger partial charge in [0.15, 0.2) is 0 Å². The quantitative estimate of drug-likeness (QED) is 0.796. The molecule has 0 bridgehead atoms. The Morgan fingerprint density at radius 2 is 1.90 bits per heavy atom. The SMILES string of the molecule is CCCCC(=O)NCCN(c1ccc(F)cc1)S(C)(=O)=O. The van der Waals surface area contributed by atoms with Crippen molar-refractivity contribution in [2.45, 2.75) is 26.2 Å². The van der Waals surface area contributed by atoms with Crippen LogP contribution >= 0.6 is 0 Å². The Hall–Kier alpha value is -1.63. The molecule has 7 heteroatoms. The van der Waals surface area contributed by atoms with Gasteiger partial charge >= 0.3 is 0 Å². The molecule has 5 nitrogen and oxygen atoms in total. The molecule has 21 heavy (non-hydrogen) atoms. The van der Waals surface area contributed by atoms with Crippen LogP contribution in [0, 0.1) is 5.82 Å². The molecular formula is C14H21FN2O3S. The third-order valence-electron chi connectivity index (χ3n) is 2.91. The van der Waals surface area contributed by atoms with Crippen LogP contribution in [0.5, 0.6) is 0 Å². The Labute approximate surface area is 125 Å². The Kier molecular flexibility index (Phi) is 6.61. The van der Waals surface area contributed by atoms with E-state index < -0.39 is 15.8 Å². The van der Waals surface area contributed by atoms with Crippen molar-refractivity contribution in [1.29, 1.82) is 0 Å². The van der Waals surface area contributed by atoms with Crippen molar-refractivity contribution in [3.8, 4) is 0 Å². The number of rotatable bonds is 8. The summed E-state index contributed by atoms with van der Waals surface area (Å²) in [5.41, 5.74) is 0.377. The van der Waals surface area contributed by atoms with Crippen molar-refractivity contribution < 1.29 is 17.6 Å². The van der Waals surface area contributed by atoms with E-state index in [2.05, 4.69) is 5.32 Å². The monoisotopic (exact) mass is 316 g/mol. The van der Waals surface area contributed by atoms with E-state index in [0.29, 0.717) is 12.1 Å². The minimum Gasteiger partial charge on any atom is -0.354 e. The summed E-state index contributed by atoms with van der Waals surface area (Å²) in [5.74, 6) is -0.524. The number of hydrogen-bond acceptors (Lipinski definition) is 3. The van der Waals surface area contributed by atoms with E-state index in [4.69, 9.17) is 0 Å². The molecule has 1 rings (SSSR count). The van der Waals surface area contributed by atoms with Crippen LogP contribution in [0.15, 0.2) is 24.3 Å². The summed E-state index contributed by atoms with van der Waals surface area (Å²) in [6.45, 7) is 2.32. The highest BCUT2D eigenvalue weighted by molar-refractivity contribution is 7.92. The molecule has 1 amide bonds. The number of unbranched alkanes of at least 4 members (excludes halogenated alkanes) is 1. The van der Waals surface area contributed by atoms with Crippen LogP contribution in [0.1, 0.15) is 26.2 Å². The molecule has 0 radical (unpaired) electrons. The van der Waals surface area contributed by atoms with Crippen LogP contribution in [0.3, 0.4) is 0 Å². The van der Waals surface area contributed by atoms with Crippen molar-refractivity contribution in [2.24, 2.45) is 0 Å². The minimum atomic E-state index is -3.49. The Morgan fingerprint density at radius 3 is 2.43 bits per heavy atom. The zero-order chi connectivity index (χ0) is 15.9. The maximum Gasteiger partial charge on any atom is 0.232 e. The first kappa shape index (κ1) is 17.4. The summed E-state index contributed by atoms with van der Waals surface area (Å²) < 4.78 is 37.6. The number of halogens is 1. The molecule has 0 saturated heterocycles. The molecule has 1 aromatic carbocycles. The molecule has 0 aliphatic carbocycles. The third-order valence-corrected chi connectivity index (χ3v) is 4.10. The van der Waals surface area contributed by atoms with Crippen molar-refractivity contribution in [3.05, 3.63) is 30.1 Å². The van der Waals surface area contributed by atoms with Crippen LogP contribution in [-0.2, 0) is 14.8 Å². The van der Waals surface area contributed by atoms with E-state index in [1.807, 2.05) is 6.92 Å². The number of anilines is 1. The van der Waals surface area contributed by atoms with E-state index in [0.717, 1.165) is 23.4 Å². The Balaban J connectivity index is 2.65. The molecule has 1 aromatic rings. The first-order valence-corrected chi connectivity index (χ1v) is 8.69. The average Bonchev–Trinajstić information content (AvgIpc) is 2.41. The lowest BCUT2D eigenvalue weighted by Gasteiger charge is -2.22. The summed E-state index contributed by atoms with van der Waals surface area (Å²) in [5, 5.41) is 2.68. The number of carbonyl (C=O) groups excluding carboxylic acids is 1. The summed E-state index contributed by atoms with van der Waals surface area (Å²) in [7, 11) is -3.49. The predicted molar refractivity (Wildman–Crippen MR) is 81.1 cm³/mol. The topological polar surface area (TPSA) is 66.5 Å². The van der Waals surface area contributed by atoms with Crippen molar-refractivity contribution in [3.63, 3.8) is 0 Å². The van der Waals surface area contributed by atoms with Crippen molar-refractivity contribution in [1.82, 2.24) is 5.32 Å². The molecule has 0 aromatic heterocycles. The van der Waals surface area contributed by atoms with Gasteiger partial charge in [-0.1, -0.05) is 13.3 Å². The first-order valence-electron chi connectivity index (χ1n) is 6.84. The zero-order valence-corrected chi connectivity index (χ0v) is 13.1. The van der Waals surface area contributed by atoms with Gasteiger partial charge in [0.05, 0.1) is 18.5 Å². The molecule has 0 aliphatic rings. The largest absolute Gasteiger partial charge is 0.354 e. The number of carbonyl (C=O) groups is 1. The second-order valence-corrected chi connectivity index (χ2v) is 6.67. The molecule has 0 heterocycles.